The van der Waals surface area contributed by atoms with Crippen LogP contribution in [-0.2, 0) is 0 Å². The van der Waals surface area contributed by atoms with E-state index in [-0.39, 0.29) is 0 Å². The van der Waals surface area contributed by atoms with Gasteiger partial charge < -0.3 is 0 Å². The van der Waals surface area contributed by atoms with E-state index >= 15 is 0 Å². The van der Waals surface area contributed by atoms with Crippen molar-refractivity contribution in [2.45, 2.75) is 25.4 Å². The zero-order valence-electron chi connectivity index (χ0n) is 8.65. The molecule has 1 aromatic carbocycles. The van der Waals surface area contributed by atoms with E-state index in [1.54, 1.807) is 0 Å². The fourth-order valence-corrected chi connectivity index (χ4v) is 1.30. The molecule has 1 nitrogen and oxygen atoms in total. The molecule has 0 bridgehead atoms. The molecule has 0 aromatic heterocycles. The molecule has 1 aromatic rings. The highest BCUT2D eigenvalue weighted by atomic mass is 19.4. The summed E-state index contributed by atoms with van der Waals surface area (Å²) in [5.41, 5.74) is -0.507. The number of hydrogen-bond acceptors (Lipinski definition) is 1. The van der Waals surface area contributed by atoms with Crippen molar-refractivity contribution in [1.29, 1.82) is 0 Å². The van der Waals surface area contributed by atoms with Crippen LogP contribution >= 0.6 is 0 Å². The number of hydrogen-bond donors (Lipinski definition) is 0. The second-order valence-corrected chi connectivity index (χ2v) is 3.49. The summed E-state index contributed by atoms with van der Waals surface area (Å²) in [5.74, 6) is -3.33. The minimum Gasteiger partial charge on any atom is -0.294 e. The number of ketones is 1. The molecule has 0 saturated heterocycles. The van der Waals surface area contributed by atoms with Gasteiger partial charge in [0.2, 0.25) is 0 Å². The molecule has 0 unspecified atom stereocenters. The first-order chi connectivity index (χ1) is 7.81. The van der Waals surface area contributed by atoms with Gasteiger partial charge >= 0.3 is 6.18 Å². The summed E-state index contributed by atoms with van der Waals surface area (Å²) in [4.78, 5) is 11.3. The lowest BCUT2D eigenvalue weighted by Gasteiger charge is -2.06. The molecule has 0 radical (unpaired) electrons. The van der Waals surface area contributed by atoms with Crippen LogP contribution in [0.1, 0.15) is 29.6 Å². The zero-order chi connectivity index (χ0) is 13.1. The fraction of sp³-hybridized carbons (Fsp3) is 0.364. The summed E-state index contributed by atoms with van der Waals surface area (Å²) in [7, 11) is 0. The SMILES string of the molecule is O=C(CCCC(F)(F)F)c1cccc(F)c1F. The lowest BCUT2D eigenvalue weighted by Crippen LogP contribution is -2.09. The summed E-state index contributed by atoms with van der Waals surface area (Å²) in [6, 6.07) is 3.02. The Bertz CT molecular complexity index is 411. The van der Waals surface area contributed by atoms with Gasteiger partial charge in [0.15, 0.2) is 17.4 Å². The molecule has 17 heavy (non-hydrogen) atoms. The highest BCUT2D eigenvalue weighted by Gasteiger charge is 2.27. The number of alkyl halides is 3. The molecule has 0 aliphatic heterocycles. The Labute approximate surface area is 94.2 Å². The molecule has 0 aliphatic rings. The van der Waals surface area contributed by atoms with E-state index in [4.69, 9.17) is 0 Å². The highest BCUT2D eigenvalue weighted by molar-refractivity contribution is 5.96. The number of carbonyl (C=O) groups is 1. The van der Waals surface area contributed by atoms with E-state index in [9.17, 15) is 26.7 Å². The summed E-state index contributed by atoms with van der Waals surface area (Å²) in [5, 5.41) is 0. The third kappa shape index (κ3) is 4.13. The first kappa shape index (κ1) is 13.6. The molecule has 0 saturated carbocycles. The minimum atomic E-state index is -4.35. The van der Waals surface area contributed by atoms with Gasteiger partial charge in [-0.25, -0.2) is 8.78 Å². The Balaban J connectivity index is 2.62. The smallest absolute Gasteiger partial charge is 0.294 e. The quantitative estimate of drug-likeness (QED) is 0.587. The maximum Gasteiger partial charge on any atom is 0.389 e. The van der Waals surface area contributed by atoms with Crippen molar-refractivity contribution in [3.63, 3.8) is 0 Å². The van der Waals surface area contributed by atoms with Crippen LogP contribution in [0.5, 0.6) is 0 Å². The Morgan fingerprint density at radius 3 is 2.41 bits per heavy atom. The number of Topliss-reactive ketones (excluding diaryl/α,β-unsaturated/α-hetero) is 1. The highest BCUT2D eigenvalue weighted by Crippen LogP contribution is 2.23. The van der Waals surface area contributed by atoms with Gasteiger partial charge in [0.25, 0.3) is 0 Å². The number of benzene rings is 1. The van der Waals surface area contributed by atoms with E-state index in [1.807, 2.05) is 0 Å². The van der Waals surface area contributed by atoms with Crippen LogP contribution in [0, 0.1) is 11.6 Å². The Morgan fingerprint density at radius 1 is 1.18 bits per heavy atom. The summed E-state index contributed by atoms with van der Waals surface area (Å²) < 4.78 is 61.3. The maximum absolute atomic E-state index is 13.1. The van der Waals surface area contributed by atoms with Crippen molar-refractivity contribution >= 4 is 5.78 Å². The van der Waals surface area contributed by atoms with Crippen LogP contribution in [0.3, 0.4) is 0 Å². The standard InChI is InChI=1S/C11H9F5O/c12-8-4-1-3-7(10(8)13)9(17)5-2-6-11(14,15)16/h1,3-4H,2,5-6H2. The molecule has 0 fully saturated rings. The average molecular weight is 252 g/mol. The van der Waals surface area contributed by atoms with Crippen molar-refractivity contribution in [2.24, 2.45) is 0 Å². The van der Waals surface area contributed by atoms with Gasteiger partial charge in [-0.3, -0.25) is 4.79 Å². The normalized spacial score (nSPS) is 11.6. The molecule has 0 N–H and O–H groups in total. The van der Waals surface area contributed by atoms with E-state index in [1.165, 1.54) is 0 Å². The second-order valence-electron chi connectivity index (χ2n) is 3.49. The molecular formula is C11H9F5O. The topological polar surface area (TPSA) is 17.1 Å². The van der Waals surface area contributed by atoms with Gasteiger partial charge in [-0.2, -0.15) is 13.2 Å². The first-order valence-electron chi connectivity index (χ1n) is 4.85. The second kappa shape index (κ2) is 5.25. The van der Waals surface area contributed by atoms with Crippen molar-refractivity contribution in [2.75, 3.05) is 0 Å². The summed E-state index contributed by atoms with van der Waals surface area (Å²) >= 11 is 0. The van der Waals surface area contributed by atoms with Crippen LogP contribution in [0.4, 0.5) is 22.0 Å². The predicted molar refractivity (Wildman–Crippen MR) is 50.6 cm³/mol. The Morgan fingerprint density at radius 2 is 1.82 bits per heavy atom. The van der Waals surface area contributed by atoms with Crippen molar-refractivity contribution in [1.82, 2.24) is 0 Å². The van der Waals surface area contributed by atoms with Gasteiger partial charge in [0, 0.05) is 12.8 Å². The fourth-order valence-electron chi connectivity index (χ4n) is 1.30. The monoisotopic (exact) mass is 252 g/mol. The van der Waals surface area contributed by atoms with E-state index in [0.717, 1.165) is 18.2 Å². The van der Waals surface area contributed by atoms with Gasteiger partial charge in [-0.05, 0) is 18.6 Å². The van der Waals surface area contributed by atoms with Crippen molar-refractivity contribution < 1.29 is 26.7 Å². The maximum atomic E-state index is 13.1. The zero-order valence-corrected chi connectivity index (χ0v) is 8.65. The molecular weight excluding hydrogens is 243 g/mol. The minimum absolute atomic E-state index is 0.432. The molecule has 0 atom stereocenters. The van der Waals surface area contributed by atoms with Gasteiger partial charge in [-0.15, -0.1) is 0 Å². The van der Waals surface area contributed by atoms with Crippen LogP contribution in [0.15, 0.2) is 18.2 Å². The molecule has 6 heteroatoms. The first-order valence-corrected chi connectivity index (χ1v) is 4.85. The summed E-state index contributed by atoms with van der Waals surface area (Å²) in [6.07, 6.45) is -6.35. The molecule has 0 spiro atoms. The van der Waals surface area contributed by atoms with E-state index in [2.05, 4.69) is 0 Å². The lowest BCUT2D eigenvalue weighted by molar-refractivity contribution is -0.135. The van der Waals surface area contributed by atoms with Crippen LogP contribution < -0.4 is 0 Å². The van der Waals surface area contributed by atoms with Gasteiger partial charge in [0.05, 0.1) is 5.56 Å². The average Bonchev–Trinajstić information content (AvgIpc) is 2.20. The van der Waals surface area contributed by atoms with Crippen LogP contribution in [0.25, 0.3) is 0 Å². The third-order valence-corrected chi connectivity index (χ3v) is 2.12. The third-order valence-electron chi connectivity index (χ3n) is 2.12. The molecule has 0 amide bonds. The number of rotatable bonds is 4. The Hall–Kier alpha value is -1.46. The van der Waals surface area contributed by atoms with Crippen molar-refractivity contribution in [3.8, 4) is 0 Å². The largest absolute Gasteiger partial charge is 0.389 e. The summed E-state index contributed by atoms with van der Waals surface area (Å²) in [6.45, 7) is 0. The Kier molecular flexibility index (Phi) is 4.20. The predicted octanol–water partition coefficient (Wildman–Crippen LogP) is 3.88. The van der Waals surface area contributed by atoms with E-state index in [0.29, 0.717) is 0 Å². The lowest BCUT2D eigenvalue weighted by atomic mass is 10.0. The van der Waals surface area contributed by atoms with Crippen molar-refractivity contribution in [3.05, 3.63) is 35.4 Å². The van der Waals surface area contributed by atoms with Gasteiger partial charge in [-0.1, -0.05) is 6.07 Å². The number of halogens is 5. The van der Waals surface area contributed by atoms with Crippen LogP contribution in [0.2, 0.25) is 0 Å². The van der Waals surface area contributed by atoms with Gasteiger partial charge in [0.1, 0.15) is 0 Å². The molecule has 0 heterocycles. The molecule has 1 rings (SSSR count). The molecule has 0 aliphatic carbocycles. The number of carbonyl (C=O) groups excluding carboxylic acids is 1. The van der Waals surface area contributed by atoms with E-state index < -0.39 is 48.4 Å². The molecule has 94 valence electrons. The van der Waals surface area contributed by atoms with Crippen LogP contribution in [-0.4, -0.2) is 12.0 Å².